The Balaban J connectivity index is 3.05. The van der Waals surface area contributed by atoms with Crippen molar-refractivity contribution < 1.29 is 0 Å². The van der Waals surface area contributed by atoms with Crippen LogP contribution in [0.15, 0.2) is 6.07 Å². The minimum Gasteiger partial charge on any atom is -0.356 e. The van der Waals surface area contributed by atoms with Crippen molar-refractivity contribution in [2.24, 2.45) is 0 Å². The minimum absolute atomic E-state index is 0.387. The average molecular weight is 263 g/mol. The second-order valence-corrected chi connectivity index (χ2v) is 5.62. The first-order valence-electron chi connectivity index (χ1n) is 6.11. The zero-order valence-electron chi connectivity index (χ0n) is 11.8. The molecule has 1 heterocycles. The number of thioether (sulfide) groups is 1. The molecule has 18 heavy (non-hydrogen) atoms. The van der Waals surface area contributed by atoms with Crippen LogP contribution in [0.3, 0.4) is 0 Å². The van der Waals surface area contributed by atoms with E-state index in [0.29, 0.717) is 11.6 Å². The molecule has 0 bridgehead atoms. The van der Waals surface area contributed by atoms with Crippen LogP contribution in [0.4, 0.5) is 5.82 Å². The maximum Gasteiger partial charge on any atom is 0.147 e. The Morgan fingerprint density at radius 2 is 2.17 bits per heavy atom. The zero-order chi connectivity index (χ0) is 13.7. The molecule has 1 aromatic heterocycles. The highest BCUT2D eigenvalue weighted by atomic mass is 32.2. The molecule has 0 aromatic carbocycles. The number of aromatic nitrogens is 1. The third-order valence-electron chi connectivity index (χ3n) is 3.17. The van der Waals surface area contributed by atoms with Crippen LogP contribution in [-0.2, 0) is 0 Å². The number of hydrogen-bond acceptors (Lipinski definition) is 4. The number of hydrogen-bond donors (Lipinski definition) is 0. The van der Waals surface area contributed by atoms with Gasteiger partial charge in [-0.15, -0.1) is 0 Å². The van der Waals surface area contributed by atoms with Gasteiger partial charge in [0.05, 0.1) is 5.56 Å². The van der Waals surface area contributed by atoms with Crippen LogP contribution in [0.2, 0.25) is 0 Å². The Hall–Kier alpha value is -1.21. The van der Waals surface area contributed by atoms with Gasteiger partial charge in [0.1, 0.15) is 11.9 Å². The molecule has 0 aliphatic carbocycles. The van der Waals surface area contributed by atoms with Crippen molar-refractivity contribution in [2.45, 2.75) is 33.2 Å². The summed E-state index contributed by atoms with van der Waals surface area (Å²) < 4.78 is 0. The maximum absolute atomic E-state index is 9.28. The third-order valence-corrected chi connectivity index (χ3v) is 3.82. The Kier molecular flexibility index (Phi) is 5.49. The van der Waals surface area contributed by atoms with E-state index in [-0.39, 0.29) is 0 Å². The molecule has 0 saturated carbocycles. The van der Waals surface area contributed by atoms with E-state index in [1.54, 1.807) is 0 Å². The van der Waals surface area contributed by atoms with E-state index in [4.69, 9.17) is 0 Å². The van der Waals surface area contributed by atoms with Gasteiger partial charge in [-0.05, 0) is 50.8 Å². The van der Waals surface area contributed by atoms with Crippen LogP contribution in [0.5, 0.6) is 0 Å². The third kappa shape index (κ3) is 3.39. The van der Waals surface area contributed by atoms with Gasteiger partial charge in [-0.1, -0.05) is 0 Å². The molecule has 98 valence electrons. The van der Waals surface area contributed by atoms with Crippen molar-refractivity contribution in [3.05, 3.63) is 22.9 Å². The molecule has 0 aliphatic heterocycles. The first-order chi connectivity index (χ1) is 8.51. The maximum atomic E-state index is 9.28. The SMILES string of the molecule is CSCCC(C)N(C)c1nc(C)cc(C)c1C#N. The molecular formula is C14H21N3S. The summed E-state index contributed by atoms with van der Waals surface area (Å²) in [5, 5.41) is 9.28. The second-order valence-electron chi connectivity index (χ2n) is 4.63. The summed E-state index contributed by atoms with van der Waals surface area (Å²) in [6, 6.07) is 4.62. The summed E-state index contributed by atoms with van der Waals surface area (Å²) in [5.41, 5.74) is 2.66. The van der Waals surface area contributed by atoms with Crippen molar-refractivity contribution in [3.63, 3.8) is 0 Å². The van der Waals surface area contributed by atoms with Gasteiger partial charge in [0.15, 0.2) is 0 Å². The van der Waals surface area contributed by atoms with Gasteiger partial charge in [0.25, 0.3) is 0 Å². The van der Waals surface area contributed by atoms with Crippen LogP contribution in [0, 0.1) is 25.2 Å². The highest BCUT2D eigenvalue weighted by molar-refractivity contribution is 7.98. The van der Waals surface area contributed by atoms with Gasteiger partial charge in [-0.2, -0.15) is 17.0 Å². The van der Waals surface area contributed by atoms with E-state index in [2.05, 4.69) is 29.1 Å². The average Bonchev–Trinajstić information content (AvgIpc) is 2.34. The topological polar surface area (TPSA) is 39.9 Å². The molecule has 1 rings (SSSR count). The number of nitrogens with zero attached hydrogens (tertiary/aromatic N) is 3. The largest absolute Gasteiger partial charge is 0.356 e. The Labute approximate surface area is 114 Å². The summed E-state index contributed by atoms with van der Waals surface area (Å²) in [5.74, 6) is 1.93. The summed E-state index contributed by atoms with van der Waals surface area (Å²) in [7, 11) is 2.02. The lowest BCUT2D eigenvalue weighted by Crippen LogP contribution is -2.31. The summed E-state index contributed by atoms with van der Waals surface area (Å²) in [6.07, 6.45) is 3.21. The molecule has 3 nitrogen and oxygen atoms in total. The molecule has 0 fully saturated rings. The van der Waals surface area contributed by atoms with Crippen molar-refractivity contribution in [1.29, 1.82) is 5.26 Å². The number of pyridine rings is 1. The van der Waals surface area contributed by atoms with Crippen molar-refractivity contribution in [3.8, 4) is 6.07 Å². The van der Waals surface area contributed by atoms with Crippen molar-refractivity contribution in [2.75, 3.05) is 24.0 Å². The molecule has 0 N–H and O–H groups in total. The van der Waals surface area contributed by atoms with Crippen LogP contribution in [0.25, 0.3) is 0 Å². The van der Waals surface area contributed by atoms with Gasteiger partial charge in [0, 0.05) is 18.8 Å². The van der Waals surface area contributed by atoms with E-state index in [1.807, 2.05) is 38.7 Å². The second kappa shape index (κ2) is 6.65. The Morgan fingerprint density at radius 1 is 1.50 bits per heavy atom. The smallest absolute Gasteiger partial charge is 0.147 e. The predicted octanol–water partition coefficient (Wildman–Crippen LogP) is 3.15. The van der Waals surface area contributed by atoms with E-state index >= 15 is 0 Å². The fourth-order valence-electron chi connectivity index (χ4n) is 1.90. The molecule has 4 heteroatoms. The quantitative estimate of drug-likeness (QED) is 0.818. The van der Waals surface area contributed by atoms with Gasteiger partial charge < -0.3 is 4.90 Å². The zero-order valence-corrected chi connectivity index (χ0v) is 12.6. The normalized spacial score (nSPS) is 12.0. The molecular weight excluding hydrogens is 242 g/mol. The molecule has 1 unspecified atom stereocenters. The van der Waals surface area contributed by atoms with Crippen LogP contribution in [0.1, 0.15) is 30.2 Å². The lowest BCUT2D eigenvalue weighted by molar-refractivity contribution is 0.660. The fraction of sp³-hybridized carbons (Fsp3) is 0.571. The standard InChI is InChI=1S/C14H21N3S/c1-10-8-11(2)16-14(13(10)9-15)17(4)12(3)6-7-18-5/h8,12H,6-7H2,1-5H3. The monoisotopic (exact) mass is 263 g/mol. The van der Waals surface area contributed by atoms with E-state index in [1.165, 1.54) is 0 Å². The Morgan fingerprint density at radius 3 is 2.72 bits per heavy atom. The van der Waals surface area contributed by atoms with Crippen LogP contribution >= 0.6 is 11.8 Å². The lowest BCUT2D eigenvalue weighted by atomic mass is 10.1. The van der Waals surface area contributed by atoms with E-state index in [9.17, 15) is 5.26 Å². The number of aryl methyl sites for hydroxylation is 2. The van der Waals surface area contributed by atoms with Crippen molar-refractivity contribution in [1.82, 2.24) is 4.98 Å². The molecule has 0 radical (unpaired) electrons. The van der Waals surface area contributed by atoms with Crippen LogP contribution < -0.4 is 4.90 Å². The summed E-state index contributed by atoms with van der Waals surface area (Å²) in [6.45, 7) is 6.12. The molecule has 0 amide bonds. The number of anilines is 1. The molecule has 0 saturated heterocycles. The van der Waals surface area contributed by atoms with Gasteiger partial charge in [0.2, 0.25) is 0 Å². The molecule has 1 atom stereocenters. The lowest BCUT2D eigenvalue weighted by Gasteiger charge is -2.27. The fourth-order valence-corrected chi connectivity index (χ4v) is 2.48. The van der Waals surface area contributed by atoms with Gasteiger partial charge >= 0.3 is 0 Å². The highest BCUT2D eigenvalue weighted by Gasteiger charge is 2.17. The Bertz CT molecular complexity index is 451. The number of nitriles is 1. The van der Waals surface area contributed by atoms with E-state index < -0.39 is 0 Å². The van der Waals surface area contributed by atoms with Gasteiger partial charge in [-0.25, -0.2) is 4.98 Å². The molecule has 0 spiro atoms. The first-order valence-corrected chi connectivity index (χ1v) is 7.50. The highest BCUT2D eigenvalue weighted by Crippen LogP contribution is 2.23. The van der Waals surface area contributed by atoms with Crippen LogP contribution in [-0.4, -0.2) is 30.1 Å². The van der Waals surface area contributed by atoms with Gasteiger partial charge in [-0.3, -0.25) is 0 Å². The summed E-state index contributed by atoms with van der Waals surface area (Å²) in [4.78, 5) is 6.65. The predicted molar refractivity (Wildman–Crippen MR) is 79.3 cm³/mol. The number of rotatable bonds is 5. The molecule has 1 aromatic rings. The summed E-state index contributed by atoms with van der Waals surface area (Å²) >= 11 is 1.85. The molecule has 0 aliphatic rings. The first kappa shape index (κ1) is 14.8. The van der Waals surface area contributed by atoms with Crippen molar-refractivity contribution >= 4 is 17.6 Å². The van der Waals surface area contributed by atoms with E-state index in [0.717, 1.165) is 29.2 Å². The minimum atomic E-state index is 0.387.